The van der Waals surface area contributed by atoms with Crippen molar-refractivity contribution in [1.82, 2.24) is 4.90 Å². The summed E-state index contributed by atoms with van der Waals surface area (Å²) in [7, 11) is 0. The van der Waals surface area contributed by atoms with Gasteiger partial charge in [-0.3, -0.25) is 9.69 Å². The van der Waals surface area contributed by atoms with Crippen LogP contribution < -0.4 is 5.32 Å². The van der Waals surface area contributed by atoms with E-state index in [1.165, 1.54) is 0 Å². The van der Waals surface area contributed by atoms with Crippen LogP contribution in [0.3, 0.4) is 0 Å². The molecule has 0 spiro atoms. The lowest BCUT2D eigenvalue weighted by Gasteiger charge is -2.21. The van der Waals surface area contributed by atoms with Gasteiger partial charge in [0.1, 0.15) is 6.07 Å². The van der Waals surface area contributed by atoms with Crippen LogP contribution in [0.1, 0.15) is 18.9 Å². The molecule has 1 heterocycles. The number of nitrogens with one attached hydrogen (secondary N) is 1. The highest BCUT2D eigenvalue weighted by atomic mass is 16.5. The predicted molar refractivity (Wildman–Crippen MR) is 76.3 cm³/mol. The number of rotatable bonds is 3. The lowest BCUT2D eigenvalue weighted by atomic mass is 10.2. The van der Waals surface area contributed by atoms with Crippen molar-refractivity contribution in [2.45, 2.75) is 19.4 Å². The molecule has 1 fully saturated rings. The number of nitrogens with zero attached hydrogens (tertiary/aromatic N) is 2. The molecule has 1 unspecified atom stereocenters. The second kappa shape index (κ2) is 7.04. The van der Waals surface area contributed by atoms with Crippen molar-refractivity contribution in [1.29, 1.82) is 5.26 Å². The number of hydrogen-bond donors (Lipinski definition) is 1. The molecular weight excluding hydrogens is 254 g/mol. The maximum Gasteiger partial charge on any atom is 0.238 e. The molecule has 1 aromatic rings. The van der Waals surface area contributed by atoms with Gasteiger partial charge in [-0.05, 0) is 25.5 Å². The van der Waals surface area contributed by atoms with Crippen LogP contribution >= 0.6 is 0 Å². The third-order valence-corrected chi connectivity index (χ3v) is 3.23. The monoisotopic (exact) mass is 273 g/mol. The van der Waals surface area contributed by atoms with Crippen LogP contribution in [0.5, 0.6) is 0 Å². The van der Waals surface area contributed by atoms with E-state index in [2.05, 4.69) is 16.3 Å². The Bertz CT molecular complexity index is 510. The molecule has 0 aliphatic carbocycles. The molecule has 0 radical (unpaired) electrons. The minimum atomic E-state index is -0.0956. The van der Waals surface area contributed by atoms with Crippen molar-refractivity contribution < 1.29 is 9.53 Å². The van der Waals surface area contributed by atoms with Gasteiger partial charge in [0.25, 0.3) is 0 Å². The zero-order valence-electron chi connectivity index (χ0n) is 11.6. The minimum absolute atomic E-state index is 0.0956. The molecule has 106 valence electrons. The van der Waals surface area contributed by atoms with Gasteiger partial charge in [-0.15, -0.1) is 0 Å². The molecular formula is C15H19N3O2. The fourth-order valence-corrected chi connectivity index (χ4v) is 2.31. The van der Waals surface area contributed by atoms with Gasteiger partial charge in [-0.25, -0.2) is 0 Å². The molecule has 2 rings (SSSR count). The summed E-state index contributed by atoms with van der Waals surface area (Å²) in [6, 6.07) is 9.09. The number of anilines is 1. The van der Waals surface area contributed by atoms with Crippen LogP contribution in [-0.2, 0) is 9.53 Å². The number of benzene rings is 1. The summed E-state index contributed by atoms with van der Waals surface area (Å²) in [5.74, 6) is -0.0956. The normalized spacial score (nSPS) is 19.9. The summed E-state index contributed by atoms with van der Waals surface area (Å²) in [6.45, 7) is 4.70. The van der Waals surface area contributed by atoms with Crippen LogP contribution in [0, 0.1) is 11.3 Å². The third-order valence-electron chi connectivity index (χ3n) is 3.23. The van der Waals surface area contributed by atoms with Gasteiger partial charge in [0.15, 0.2) is 0 Å². The molecule has 0 bridgehead atoms. The van der Waals surface area contributed by atoms with Gasteiger partial charge in [0.2, 0.25) is 5.91 Å². The lowest BCUT2D eigenvalue weighted by molar-refractivity contribution is -0.117. The van der Waals surface area contributed by atoms with Crippen LogP contribution in [0.15, 0.2) is 24.3 Å². The summed E-state index contributed by atoms with van der Waals surface area (Å²) < 4.78 is 5.55. The first-order valence-corrected chi connectivity index (χ1v) is 6.82. The molecule has 5 heteroatoms. The maximum atomic E-state index is 12.1. The van der Waals surface area contributed by atoms with Crippen LogP contribution in [-0.4, -0.2) is 43.2 Å². The Morgan fingerprint density at radius 1 is 1.55 bits per heavy atom. The number of ether oxygens (including phenoxy) is 1. The average molecular weight is 273 g/mol. The molecule has 1 aliphatic heterocycles. The highest BCUT2D eigenvalue weighted by Crippen LogP contribution is 2.13. The smallest absolute Gasteiger partial charge is 0.238 e. The predicted octanol–water partition coefficient (Wildman–Crippen LogP) is 1.61. The highest BCUT2D eigenvalue weighted by molar-refractivity contribution is 5.93. The van der Waals surface area contributed by atoms with Crippen molar-refractivity contribution in [3.05, 3.63) is 29.8 Å². The van der Waals surface area contributed by atoms with Gasteiger partial charge >= 0.3 is 0 Å². The van der Waals surface area contributed by atoms with Crippen LogP contribution in [0.2, 0.25) is 0 Å². The first-order chi connectivity index (χ1) is 9.69. The average Bonchev–Trinajstić information content (AvgIpc) is 2.63. The van der Waals surface area contributed by atoms with E-state index in [-0.39, 0.29) is 12.0 Å². The maximum absolute atomic E-state index is 12.1. The Balaban J connectivity index is 1.93. The second-order valence-corrected chi connectivity index (χ2v) is 4.98. The topological polar surface area (TPSA) is 65.4 Å². The van der Waals surface area contributed by atoms with E-state index in [0.717, 1.165) is 26.1 Å². The lowest BCUT2D eigenvalue weighted by Crippen LogP contribution is -2.37. The van der Waals surface area contributed by atoms with E-state index in [9.17, 15) is 4.79 Å². The fraction of sp³-hybridized carbons (Fsp3) is 0.467. The Morgan fingerprint density at radius 3 is 3.15 bits per heavy atom. The van der Waals surface area contributed by atoms with E-state index in [0.29, 0.717) is 17.8 Å². The molecule has 1 amide bonds. The quantitative estimate of drug-likeness (QED) is 0.908. The molecule has 20 heavy (non-hydrogen) atoms. The number of carbonyl (C=O) groups excluding carboxylic acids is 1. The van der Waals surface area contributed by atoms with E-state index in [1.807, 2.05) is 6.92 Å². The molecule has 1 aliphatic rings. The van der Waals surface area contributed by atoms with E-state index < -0.39 is 0 Å². The first-order valence-electron chi connectivity index (χ1n) is 6.82. The number of amides is 1. The fourth-order valence-electron chi connectivity index (χ4n) is 2.31. The Hall–Kier alpha value is -1.90. The van der Waals surface area contributed by atoms with Gasteiger partial charge in [0.05, 0.1) is 23.9 Å². The Labute approximate surface area is 119 Å². The number of para-hydroxylation sites is 1. The van der Waals surface area contributed by atoms with Crippen LogP contribution in [0.25, 0.3) is 0 Å². The van der Waals surface area contributed by atoms with Crippen molar-refractivity contribution in [2.24, 2.45) is 0 Å². The Kier molecular flexibility index (Phi) is 5.10. The molecule has 0 aromatic heterocycles. The summed E-state index contributed by atoms with van der Waals surface area (Å²) in [5, 5.41) is 11.8. The number of carbonyl (C=O) groups is 1. The third kappa shape index (κ3) is 4.05. The SMILES string of the molecule is CC1CN(CC(=O)Nc2ccccc2C#N)CCCO1. The minimum Gasteiger partial charge on any atom is -0.377 e. The van der Waals surface area contributed by atoms with E-state index >= 15 is 0 Å². The number of hydrogen-bond acceptors (Lipinski definition) is 4. The van der Waals surface area contributed by atoms with Gasteiger partial charge in [0, 0.05) is 19.7 Å². The van der Waals surface area contributed by atoms with Crippen molar-refractivity contribution in [2.75, 3.05) is 31.6 Å². The standard InChI is InChI=1S/C15H19N3O2/c1-12-10-18(7-4-8-20-12)11-15(19)17-14-6-3-2-5-13(14)9-16/h2-3,5-6,12H,4,7-8,10-11H2,1H3,(H,17,19). The molecule has 1 atom stereocenters. The summed E-state index contributed by atoms with van der Waals surface area (Å²) in [6.07, 6.45) is 1.09. The van der Waals surface area contributed by atoms with Gasteiger partial charge in [-0.2, -0.15) is 5.26 Å². The van der Waals surface area contributed by atoms with E-state index in [1.54, 1.807) is 24.3 Å². The molecule has 1 saturated heterocycles. The first kappa shape index (κ1) is 14.5. The van der Waals surface area contributed by atoms with Crippen molar-refractivity contribution >= 4 is 11.6 Å². The van der Waals surface area contributed by atoms with Gasteiger partial charge in [-0.1, -0.05) is 12.1 Å². The second-order valence-electron chi connectivity index (χ2n) is 4.98. The molecule has 5 nitrogen and oxygen atoms in total. The number of nitriles is 1. The summed E-state index contributed by atoms with van der Waals surface area (Å²) >= 11 is 0. The van der Waals surface area contributed by atoms with E-state index in [4.69, 9.17) is 10.00 Å². The largest absolute Gasteiger partial charge is 0.377 e. The highest BCUT2D eigenvalue weighted by Gasteiger charge is 2.17. The molecule has 1 aromatic carbocycles. The van der Waals surface area contributed by atoms with Crippen molar-refractivity contribution in [3.63, 3.8) is 0 Å². The zero-order chi connectivity index (χ0) is 14.4. The van der Waals surface area contributed by atoms with Crippen molar-refractivity contribution in [3.8, 4) is 6.07 Å². The summed E-state index contributed by atoms with van der Waals surface area (Å²) in [5.41, 5.74) is 1.05. The Morgan fingerprint density at radius 2 is 2.35 bits per heavy atom. The molecule has 1 N–H and O–H groups in total. The zero-order valence-corrected chi connectivity index (χ0v) is 11.6. The summed E-state index contributed by atoms with van der Waals surface area (Å²) in [4.78, 5) is 14.2. The van der Waals surface area contributed by atoms with Crippen LogP contribution in [0.4, 0.5) is 5.69 Å². The molecule has 0 saturated carbocycles. The van der Waals surface area contributed by atoms with Gasteiger partial charge < -0.3 is 10.1 Å².